The van der Waals surface area contributed by atoms with Crippen molar-refractivity contribution in [3.8, 4) is 5.75 Å². The molecule has 0 aromatic heterocycles. The van der Waals surface area contributed by atoms with Crippen molar-refractivity contribution in [1.29, 1.82) is 0 Å². The summed E-state index contributed by atoms with van der Waals surface area (Å²) < 4.78 is 5.56. The zero-order chi connectivity index (χ0) is 15.4. The summed E-state index contributed by atoms with van der Waals surface area (Å²) in [5.74, 6) is 3.98. The molecule has 0 spiro atoms. The van der Waals surface area contributed by atoms with Crippen LogP contribution in [0, 0.1) is 0 Å². The summed E-state index contributed by atoms with van der Waals surface area (Å²) in [6.07, 6.45) is 3.59. The number of hydrogen-bond donors (Lipinski definition) is 1. The number of halogens is 1. The van der Waals surface area contributed by atoms with Crippen molar-refractivity contribution in [1.82, 2.24) is 4.90 Å². The molecule has 0 unspecified atom stereocenters. The summed E-state index contributed by atoms with van der Waals surface area (Å²) in [6.45, 7) is 2.80. The maximum atomic E-state index is 6.22. The fraction of sp³-hybridized carbons (Fsp3) is 0.588. The van der Waals surface area contributed by atoms with Crippen LogP contribution in [-0.2, 0) is 5.41 Å². The number of benzene rings is 1. The Bertz CT molecular complexity index is 542. The molecule has 2 aliphatic rings. The Morgan fingerprint density at radius 2 is 2.00 bits per heavy atom. The number of nitrogens with zero attached hydrogens (tertiary/aromatic N) is 2. The SMILES string of the molecule is COc1ccccc1C1(CN=C(N)N2CCSCC2)CCC1.I. The molecule has 0 atom stereocenters. The zero-order valence-electron chi connectivity index (χ0n) is 13.7. The highest BCUT2D eigenvalue weighted by Crippen LogP contribution is 2.47. The van der Waals surface area contributed by atoms with Gasteiger partial charge >= 0.3 is 0 Å². The molecule has 1 saturated carbocycles. The Morgan fingerprint density at radius 3 is 2.61 bits per heavy atom. The number of rotatable bonds is 4. The highest BCUT2D eigenvalue weighted by atomic mass is 127. The number of guanidine groups is 1. The van der Waals surface area contributed by atoms with Crippen LogP contribution in [0.2, 0.25) is 0 Å². The van der Waals surface area contributed by atoms with Gasteiger partial charge in [0, 0.05) is 35.6 Å². The number of para-hydroxylation sites is 1. The van der Waals surface area contributed by atoms with Gasteiger partial charge in [0.2, 0.25) is 0 Å². The van der Waals surface area contributed by atoms with Gasteiger partial charge in [0.25, 0.3) is 0 Å². The Balaban J connectivity index is 0.00000192. The average molecular weight is 447 g/mol. The molecule has 1 saturated heterocycles. The fourth-order valence-corrected chi connectivity index (χ4v) is 4.23. The van der Waals surface area contributed by atoms with Gasteiger partial charge in [0.15, 0.2) is 5.96 Å². The third kappa shape index (κ3) is 4.07. The summed E-state index contributed by atoms with van der Waals surface area (Å²) in [7, 11) is 1.74. The van der Waals surface area contributed by atoms with E-state index in [9.17, 15) is 0 Å². The van der Waals surface area contributed by atoms with Gasteiger partial charge in [-0.3, -0.25) is 4.99 Å². The fourth-order valence-electron chi connectivity index (χ4n) is 3.32. The second-order valence-electron chi connectivity index (χ2n) is 6.11. The van der Waals surface area contributed by atoms with Crippen molar-refractivity contribution in [2.45, 2.75) is 24.7 Å². The summed E-state index contributed by atoms with van der Waals surface area (Å²) in [5.41, 5.74) is 7.62. The van der Waals surface area contributed by atoms with Crippen molar-refractivity contribution in [2.75, 3.05) is 38.2 Å². The highest BCUT2D eigenvalue weighted by Gasteiger charge is 2.40. The van der Waals surface area contributed by atoms with E-state index in [1.807, 2.05) is 23.9 Å². The standard InChI is InChI=1S/C17H25N3OS.HI/c1-21-15-6-3-2-5-14(15)17(7-4-8-17)13-19-16(18)20-9-11-22-12-10-20;/h2-3,5-6H,4,7-13H2,1H3,(H2,18,19);1H. The van der Waals surface area contributed by atoms with E-state index in [1.165, 1.54) is 24.8 Å². The first-order valence-electron chi connectivity index (χ1n) is 8.01. The van der Waals surface area contributed by atoms with Crippen molar-refractivity contribution in [2.24, 2.45) is 10.7 Å². The van der Waals surface area contributed by atoms with Crippen LogP contribution in [-0.4, -0.2) is 49.1 Å². The molecule has 6 heteroatoms. The summed E-state index contributed by atoms with van der Waals surface area (Å²) in [4.78, 5) is 6.96. The Hall–Kier alpha value is -0.630. The van der Waals surface area contributed by atoms with Crippen LogP contribution >= 0.6 is 35.7 Å². The maximum absolute atomic E-state index is 6.22. The van der Waals surface area contributed by atoms with Crippen molar-refractivity contribution in [3.63, 3.8) is 0 Å². The van der Waals surface area contributed by atoms with Crippen LogP contribution in [0.25, 0.3) is 0 Å². The molecule has 2 fully saturated rings. The number of hydrogen-bond acceptors (Lipinski definition) is 3. The molecule has 0 amide bonds. The second kappa shape index (κ2) is 8.46. The summed E-state index contributed by atoms with van der Waals surface area (Å²) >= 11 is 1.99. The molecule has 0 bridgehead atoms. The molecule has 4 nitrogen and oxygen atoms in total. The minimum absolute atomic E-state index is 0. The van der Waals surface area contributed by atoms with E-state index in [4.69, 9.17) is 15.5 Å². The molecule has 1 heterocycles. The van der Waals surface area contributed by atoms with Crippen LogP contribution in [0.4, 0.5) is 0 Å². The first kappa shape index (κ1) is 18.7. The number of thioether (sulfide) groups is 1. The normalized spacial score (nSPS) is 20.4. The van der Waals surface area contributed by atoms with Gasteiger partial charge in [0.1, 0.15) is 5.75 Å². The van der Waals surface area contributed by atoms with E-state index in [0.717, 1.165) is 36.9 Å². The van der Waals surface area contributed by atoms with Crippen LogP contribution < -0.4 is 10.5 Å². The monoisotopic (exact) mass is 447 g/mol. The zero-order valence-corrected chi connectivity index (χ0v) is 16.8. The van der Waals surface area contributed by atoms with Crippen molar-refractivity contribution < 1.29 is 4.74 Å². The van der Waals surface area contributed by atoms with Crippen LogP contribution in [0.5, 0.6) is 5.75 Å². The Morgan fingerprint density at radius 1 is 1.30 bits per heavy atom. The third-order valence-corrected chi connectivity index (χ3v) is 5.81. The van der Waals surface area contributed by atoms with Gasteiger partial charge in [-0.05, 0) is 18.9 Å². The summed E-state index contributed by atoms with van der Waals surface area (Å²) in [6, 6.07) is 8.34. The predicted octanol–water partition coefficient (Wildman–Crippen LogP) is 3.10. The van der Waals surface area contributed by atoms with Crippen LogP contribution in [0.3, 0.4) is 0 Å². The number of aliphatic imine (C=N–C) groups is 1. The van der Waals surface area contributed by atoms with Gasteiger partial charge in [-0.2, -0.15) is 11.8 Å². The first-order valence-corrected chi connectivity index (χ1v) is 9.17. The van der Waals surface area contributed by atoms with Gasteiger partial charge in [0.05, 0.1) is 13.7 Å². The lowest BCUT2D eigenvalue weighted by atomic mass is 9.64. The molecule has 1 aliphatic carbocycles. The molecule has 1 aromatic carbocycles. The van der Waals surface area contributed by atoms with E-state index < -0.39 is 0 Å². The maximum Gasteiger partial charge on any atom is 0.191 e. The number of nitrogens with two attached hydrogens (primary N) is 1. The molecular formula is C17H26IN3OS. The average Bonchev–Trinajstić information content (AvgIpc) is 2.55. The Labute approximate surface area is 160 Å². The molecule has 1 aromatic rings. The number of ether oxygens (including phenoxy) is 1. The molecule has 3 rings (SSSR count). The molecule has 1 aliphatic heterocycles. The van der Waals surface area contributed by atoms with E-state index in [0.29, 0.717) is 5.96 Å². The van der Waals surface area contributed by atoms with Gasteiger partial charge in [-0.1, -0.05) is 24.6 Å². The molecular weight excluding hydrogens is 421 g/mol. The van der Waals surface area contributed by atoms with E-state index >= 15 is 0 Å². The first-order chi connectivity index (χ1) is 10.7. The van der Waals surface area contributed by atoms with Crippen molar-refractivity contribution >= 4 is 41.7 Å². The largest absolute Gasteiger partial charge is 0.496 e. The summed E-state index contributed by atoms with van der Waals surface area (Å²) in [5, 5.41) is 0. The van der Waals surface area contributed by atoms with Crippen LogP contribution in [0.15, 0.2) is 29.3 Å². The minimum Gasteiger partial charge on any atom is -0.496 e. The van der Waals surface area contributed by atoms with Crippen molar-refractivity contribution in [3.05, 3.63) is 29.8 Å². The molecule has 2 N–H and O–H groups in total. The van der Waals surface area contributed by atoms with E-state index in [1.54, 1.807) is 7.11 Å². The van der Waals surface area contributed by atoms with Gasteiger partial charge < -0.3 is 15.4 Å². The van der Waals surface area contributed by atoms with E-state index in [-0.39, 0.29) is 29.4 Å². The van der Waals surface area contributed by atoms with E-state index in [2.05, 4.69) is 17.0 Å². The predicted molar refractivity (Wildman–Crippen MR) is 109 cm³/mol. The minimum atomic E-state index is 0. The highest BCUT2D eigenvalue weighted by molar-refractivity contribution is 14.0. The van der Waals surface area contributed by atoms with Gasteiger partial charge in [-0.25, -0.2) is 0 Å². The smallest absolute Gasteiger partial charge is 0.191 e. The lowest BCUT2D eigenvalue weighted by Gasteiger charge is -2.42. The third-order valence-electron chi connectivity index (χ3n) is 4.87. The topological polar surface area (TPSA) is 50.9 Å². The molecule has 23 heavy (non-hydrogen) atoms. The lowest BCUT2D eigenvalue weighted by molar-refractivity contribution is 0.243. The second-order valence-corrected chi connectivity index (χ2v) is 7.33. The molecule has 128 valence electrons. The lowest BCUT2D eigenvalue weighted by Crippen LogP contribution is -2.44. The number of methoxy groups -OCH3 is 1. The Kier molecular flexibility index (Phi) is 6.88. The van der Waals surface area contributed by atoms with Crippen LogP contribution in [0.1, 0.15) is 24.8 Å². The quantitative estimate of drug-likeness (QED) is 0.438. The van der Waals surface area contributed by atoms with Gasteiger partial charge in [-0.15, -0.1) is 24.0 Å². The molecule has 0 radical (unpaired) electrons.